The van der Waals surface area contributed by atoms with E-state index in [4.69, 9.17) is 0 Å². The van der Waals surface area contributed by atoms with E-state index in [1.807, 2.05) is 6.07 Å². The van der Waals surface area contributed by atoms with Gasteiger partial charge in [-0.3, -0.25) is 9.78 Å². The third-order valence-electron chi connectivity index (χ3n) is 1.87. The van der Waals surface area contributed by atoms with Gasteiger partial charge >= 0.3 is 0 Å². The fourth-order valence-corrected chi connectivity index (χ4v) is 1.45. The molecule has 0 radical (unpaired) electrons. The monoisotopic (exact) mass is 325 g/mol. The molecule has 16 heavy (non-hydrogen) atoms. The minimum atomic E-state index is -0.255. The number of rotatable bonds is 2. The van der Waals surface area contributed by atoms with Crippen LogP contribution in [0, 0.1) is 3.57 Å². The first kappa shape index (κ1) is 11.0. The molecule has 0 aromatic carbocycles. The molecule has 1 amide bonds. The van der Waals surface area contributed by atoms with Crippen LogP contribution in [0.2, 0.25) is 0 Å². The minimum absolute atomic E-state index is 0.255. The van der Waals surface area contributed by atoms with Crippen LogP contribution in [0.4, 0.5) is 5.82 Å². The van der Waals surface area contributed by atoms with E-state index in [-0.39, 0.29) is 5.91 Å². The van der Waals surface area contributed by atoms with Crippen LogP contribution in [0.1, 0.15) is 10.5 Å². The maximum absolute atomic E-state index is 11.7. The Morgan fingerprint density at radius 2 is 2.06 bits per heavy atom. The van der Waals surface area contributed by atoms with E-state index in [0.717, 1.165) is 3.57 Å². The number of hydrogen-bond donors (Lipinski definition) is 1. The summed E-state index contributed by atoms with van der Waals surface area (Å²) >= 11 is 2.15. The van der Waals surface area contributed by atoms with Crippen molar-refractivity contribution in [1.82, 2.24) is 9.97 Å². The molecule has 0 aliphatic carbocycles. The molecule has 1 N–H and O–H groups in total. The molecule has 0 fully saturated rings. The Labute approximate surface area is 106 Å². The van der Waals surface area contributed by atoms with Crippen LogP contribution in [-0.4, -0.2) is 15.9 Å². The Hall–Kier alpha value is -1.50. The Bertz CT molecular complexity index is 484. The van der Waals surface area contributed by atoms with Crippen LogP contribution < -0.4 is 5.32 Å². The zero-order valence-corrected chi connectivity index (χ0v) is 10.4. The van der Waals surface area contributed by atoms with Crippen molar-refractivity contribution in [2.75, 3.05) is 5.32 Å². The lowest BCUT2D eigenvalue weighted by molar-refractivity contribution is 0.102. The van der Waals surface area contributed by atoms with E-state index in [2.05, 4.69) is 37.9 Å². The first-order valence-corrected chi connectivity index (χ1v) is 5.67. The predicted molar refractivity (Wildman–Crippen MR) is 69.1 cm³/mol. The summed E-state index contributed by atoms with van der Waals surface area (Å²) in [5.41, 5.74) is 0.378. The average molecular weight is 325 g/mol. The van der Waals surface area contributed by atoms with Gasteiger partial charge in [-0.25, -0.2) is 4.98 Å². The van der Waals surface area contributed by atoms with E-state index >= 15 is 0 Å². The van der Waals surface area contributed by atoms with Crippen molar-refractivity contribution in [3.8, 4) is 0 Å². The number of anilines is 1. The van der Waals surface area contributed by atoms with E-state index in [1.165, 1.54) is 0 Å². The van der Waals surface area contributed by atoms with Crippen LogP contribution >= 0.6 is 22.6 Å². The molecule has 0 unspecified atom stereocenters. The van der Waals surface area contributed by atoms with Gasteiger partial charge in [0, 0.05) is 16.0 Å². The number of amides is 1. The van der Waals surface area contributed by atoms with Gasteiger partial charge < -0.3 is 5.32 Å². The normalized spacial score (nSPS) is 9.81. The quantitative estimate of drug-likeness (QED) is 0.863. The molecule has 2 aromatic heterocycles. The Kier molecular flexibility index (Phi) is 3.45. The molecular formula is C11H8IN3O. The molecule has 0 aliphatic rings. The van der Waals surface area contributed by atoms with Gasteiger partial charge in [-0.1, -0.05) is 6.07 Å². The van der Waals surface area contributed by atoms with Crippen molar-refractivity contribution in [2.24, 2.45) is 0 Å². The Balaban J connectivity index is 2.11. The second kappa shape index (κ2) is 5.02. The summed E-state index contributed by atoms with van der Waals surface area (Å²) in [6, 6.07) is 8.81. The van der Waals surface area contributed by atoms with Crippen molar-refractivity contribution in [3.05, 3.63) is 52.0 Å². The number of hydrogen-bond acceptors (Lipinski definition) is 3. The highest BCUT2D eigenvalue weighted by Crippen LogP contribution is 2.08. The summed E-state index contributed by atoms with van der Waals surface area (Å²) in [4.78, 5) is 19.7. The lowest BCUT2D eigenvalue weighted by atomic mass is 10.3. The molecule has 80 valence electrons. The number of carbonyl (C=O) groups is 1. The molecular weight excluding hydrogens is 317 g/mol. The molecule has 2 heterocycles. The molecule has 5 heteroatoms. The fraction of sp³-hybridized carbons (Fsp3) is 0. The number of nitrogens with zero attached hydrogens (tertiary/aromatic N) is 2. The minimum Gasteiger partial charge on any atom is -0.305 e. The molecule has 0 atom stereocenters. The lowest BCUT2D eigenvalue weighted by Gasteiger charge is -2.02. The van der Waals surface area contributed by atoms with E-state index in [1.54, 1.807) is 36.7 Å². The van der Waals surface area contributed by atoms with Crippen molar-refractivity contribution in [1.29, 1.82) is 0 Å². The fourth-order valence-electron chi connectivity index (χ4n) is 1.13. The summed E-state index contributed by atoms with van der Waals surface area (Å²) in [5.74, 6) is 0.269. The van der Waals surface area contributed by atoms with Crippen LogP contribution in [0.15, 0.2) is 42.7 Å². The largest absolute Gasteiger partial charge is 0.305 e. The SMILES string of the molecule is O=C(Nc1ccc(I)cn1)c1ccccn1. The molecule has 2 rings (SSSR count). The molecule has 4 nitrogen and oxygen atoms in total. The smallest absolute Gasteiger partial charge is 0.275 e. The first-order valence-electron chi connectivity index (χ1n) is 4.59. The third-order valence-corrected chi connectivity index (χ3v) is 2.50. The van der Waals surface area contributed by atoms with Crippen LogP contribution in [0.25, 0.3) is 0 Å². The van der Waals surface area contributed by atoms with Gasteiger partial charge in [0.25, 0.3) is 5.91 Å². The van der Waals surface area contributed by atoms with Crippen LogP contribution in [0.3, 0.4) is 0 Å². The standard InChI is InChI=1S/C11H8IN3O/c12-8-4-5-10(14-7-8)15-11(16)9-3-1-2-6-13-9/h1-7H,(H,14,15,16). The maximum atomic E-state index is 11.7. The van der Waals surface area contributed by atoms with Gasteiger partial charge in [0.15, 0.2) is 0 Å². The topological polar surface area (TPSA) is 54.9 Å². The van der Waals surface area contributed by atoms with E-state index < -0.39 is 0 Å². The van der Waals surface area contributed by atoms with Crippen molar-refractivity contribution in [2.45, 2.75) is 0 Å². The zero-order chi connectivity index (χ0) is 11.4. The molecule has 0 saturated heterocycles. The second-order valence-electron chi connectivity index (χ2n) is 3.03. The first-order chi connectivity index (χ1) is 7.75. The maximum Gasteiger partial charge on any atom is 0.275 e. The molecule has 0 aliphatic heterocycles. The summed E-state index contributed by atoms with van der Waals surface area (Å²) in [5, 5.41) is 2.67. The Morgan fingerprint density at radius 1 is 1.19 bits per heavy atom. The van der Waals surface area contributed by atoms with Gasteiger partial charge in [0.2, 0.25) is 0 Å². The van der Waals surface area contributed by atoms with Crippen molar-refractivity contribution >= 4 is 34.3 Å². The van der Waals surface area contributed by atoms with Crippen LogP contribution in [0.5, 0.6) is 0 Å². The van der Waals surface area contributed by atoms with Gasteiger partial charge in [-0.05, 0) is 46.9 Å². The van der Waals surface area contributed by atoms with Gasteiger partial charge in [0.05, 0.1) is 0 Å². The highest BCUT2D eigenvalue weighted by Gasteiger charge is 2.06. The van der Waals surface area contributed by atoms with Crippen molar-refractivity contribution < 1.29 is 4.79 Å². The zero-order valence-electron chi connectivity index (χ0n) is 8.22. The van der Waals surface area contributed by atoms with E-state index in [9.17, 15) is 4.79 Å². The van der Waals surface area contributed by atoms with E-state index in [0.29, 0.717) is 11.5 Å². The summed E-state index contributed by atoms with van der Waals surface area (Å²) in [7, 11) is 0. The molecule has 2 aromatic rings. The lowest BCUT2D eigenvalue weighted by Crippen LogP contribution is -2.14. The molecule has 0 saturated carbocycles. The van der Waals surface area contributed by atoms with Gasteiger partial charge in [-0.2, -0.15) is 0 Å². The van der Waals surface area contributed by atoms with Gasteiger partial charge in [0.1, 0.15) is 11.5 Å². The van der Waals surface area contributed by atoms with Gasteiger partial charge in [-0.15, -0.1) is 0 Å². The average Bonchev–Trinajstić information content (AvgIpc) is 2.33. The summed E-state index contributed by atoms with van der Waals surface area (Å²) in [6.07, 6.45) is 3.27. The number of halogens is 1. The number of aromatic nitrogens is 2. The highest BCUT2D eigenvalue weighted by atomic mass is 127. The Morgan fingerprint density at radius 3 is 2.69 bits per heavy atom. The number of pyridine rings is 2. The summed E-state index contributed by atoms with van der Waals surface area (Å²) < 4.78 is 1.02. The summed E-state index contributed by atoms with van der Waals surface area (Å²) in [6.45, 7) is 0. The molecule has 0 spiro atoms. The molecule has 0 bridgehead atoms. The number of nitrogens with one attached hydrogen (secondary N) is 1. The number of carbonyl (C=O) groups excluding carboxylic acids is 1. The predicted octanol–water partition coefficient (Wildman–Crippen LogP) is 2.33. The highest BCUT2D eigenvalue weighted by molar-refractivity contribution is 14.1. The van der Waals surface area contributed by atoms with Crippen molar-refractivity contribution in [3.63, 3.8) is 0 Å². The second-order valence-corrected chi connectivity index (χ2v) is 4.28. The van der Waals surface area contributed by atoms with Crippen LogP contribution in [-0.2, 0) is 0 Å². The third kappa shape index (κ3) is 2.75.